The van der Waals surface area contributed by atoms with E-state index in [4.69, 9.17) is 47.8 Å². The smallest absolute Gasteiger partial charge is 0.383 e. The quantitative estimate of drug-likeness (QED) is 0.0503. The standard InChI is InChI=1S/C21H21O3P.C16H18ClO3P.2C16H19O3P/c1-2-23-25(22,17-18-9-5-3-6-10-18)24-21-15-13-20(14-16-21)19-11-7-4-8-12-19;1-3-19-21(18,12-14-7-5-4-6-8-14)20-16-10-9-13(2)11-15(16)17;1-3-18-20(17,13-15-10-5-4-6-11-15)19-16-12-8-7-9-14(16)2;1-3-18-20(17,13-15-9-5-4-6-10-15)19-16-11-7-8-14(2)12-16/h3-16H,2,17H2,1H3;4-11H,3,12H2,1-2H3;2*4-12H,3,13H2,1-2H3. The van der Waals surface area contributed by atoms with Gasteiger partial charge in [-0.15, -0.1) is 0 Å². The van der Waals surface area contributed by atoms with E-state index in [1.54, 1.807) is 25.1 Å². The van der Waals surface area contributed by atoms with Crippen LogP contribution in [0.4, 0.5) is 0 Å². The van der Waals surface area contributed by atoms with Gasteiger partial charge in [0.2, 0.25) is 0 Å². The third-order valence-electron chi connectivity index (χ3n) is 12.3. The molecule has 9 aromatic rings. The molecule has 0 aliphatic carbocycles. The van der Waals surface area contributed by atoms with E-state index in [2.05, 4.69) is 12.1 Å². The third-order valence-corrected chi connectivity index (χ3v) is 20.1. The minimum atomic E-state index is -3.29. The van der Waals surface area contributed by atoms with Crippen LogP contribution in [0, 0.1) is 20.8 Å². The van der Waals surface area contributed by atoms with Crippen molar-refractivity contribution >= 4 is 42.0 Å². The second kappa shape index (κ2) is 35.1. The molecule has 0 bridgehead atoms. The minimum absolute atomic E-state index is 0.214. The molecule has 0 N–H and O–H groups in total. The Morgan fingerprint density at radius 2 is 0.663 bits per heavy atom. The minimum Gasteiger partial charge on any atom is -0.424 e. The first-order valence-corrected chi connectivity index (χ1v) is 35.7. The summed E-state index contributed by atoms with van der Waals surface area (Å²) in [7, 11) is -12.9. The highest BCUT2D eigenvalue weighted by molar-refractivity contribution is 7.54. The molecule has 0 heterocycles. The van der Waals surface area contributed by atoms with Crippen LogP contribution in [0.1, 0.15) is 66.6 Å². The second-order valence-electron chi connectivity index (χ2n) is 19.5. The average molecular weight is 1260 g/mol. The van der Waals surface area contributed by atoms with Gasteiger partial charge in [0.15, 0.2) is 0 Å². The zero-order valence-corrected chi connectivity index (χ0v) is 54.2. The van der Waals surface area contributed by atoms with E-state index >= 15 is 0 Å². The molecule has 86 heavy (non-hydrogen) atoms. The summed E-state index contributed by atoms with van der Waals surface area (Å²) in [4.78, 5) is 0. The van der Waals surface area contributed by atoms with Crippen molar-refractivity contribution in [3.8, 4) is 34.1 Å². The normalized spacial score (nSPS) is 13.5. The van der Waals surface area contributed by atoms with Crippen LogP contribution in [-0.2, 0) is 61.0 Å². The van der Waals surface area contributed by atoms with Crippen molar-refractivity contribution in [2.24, 2.45) is 0 Å². The topological polar surface area (TPSA) is 142 Å². The number of benzene rings is 9. The third kappa shape index (κ3) is 23.8. The maximum atomic E-state index is 13.1. The van der Waals surface area contributed by atoms with Crippen molar-refractivity contribution in [1.82, 2.24) is 0 Å². The molecule has 0 amide bonds. The molecule has 0 spiro atoms. The van der Waals surface area contributed by atoms with Crippen molar-refractivity contribution in [3.05, 3.63) is 287 Å². The van der Waals surface area contributed by atoms with Crippen molar-refractivity contribution in [2.45, 2.75) is 73.1 Å². The molecular formula is C69H77ClO12P4. The summed E-state index contributed by atoms with van der Waals surface area (Å²) in [6.45, 7) is 14.4. The van der Waals surface area contributed by atoms with Crippen molar-refractivity contribution in [3.63, 3.8) is 0 Å². The van der Waals surface area contributed by atoms with Gasteiger partial charge >= 0.3 is 30.4 Å². The van der Waals surface area contributed by atoms with Gasteiger partial charge in [-0.05, 0) is 141 Å². The van der Waals surface area contributed by atoms with E-state index in [9.17, 15) is 18.3 Å². The lowest BCUT2D eigenvalue weighted by Gasteiger charge is -2.20. The molecule has 0 fully saturated rings. The first-order chi connectivity index (χ1) is 41.4. The summed E-state index contributed by atoms with van der Waals surface area (Å²) >= 11 is 6.14. The van der Waals surface area contributed by atoms with E-state index < -0.39 is 30.4 Å². The maximum absolute atomic E-state index is 13.1. The van der Waals surface area contributed by atoms with Gasteiger partial charge in [-0.1, -0.05) is 212 Å². The fourth-order valence-corrected chi connectivity index (χ4v) is 15.6. The molecular weight excluding hydrogens is 1180 g/mol. The number of para-hydroxylation sites is 1. The van der Waals surface area contributed by atoms with Crippen LogP contribution in [0.2, 0.25) is 5.02 Å². The van der Waals surface area contributed by atoms with Gasteiger partial charge in [0.05, 0.1) is 56.1 Å². The predicted molar refractivity (Wildman–Crippen MR) is 350 cm³/mol. The Morgan fingerprint density at radius 3 is 1.06 bits per heavy atom. The van der Waals surface area contributed by atoms with E-state index in [1.807, 2.05) is 254 Å². The van der Waals surface area contributed by atoms with E-state index in [0.717, 1.165) is 50.1 Å². The van der Waals surface area contributed by atoms with Crippen molar-refractivity contribution in [1.29, 1.82) is 0 Å². The Bertz CT molecular complexity index is 3620. The molecule has 0 saturated carbocycles. The fraction of sp³-hybridized carbons (Fsp3) is 0.217. The van der Waals surface area contributed by atoms with Crippen molar-refractivity contribution < 1.29 is 54.5 Å². The summed E-state index contributed by atoms with van der Waals surface area (Å²) in [6, 6.07) is 76.4. The van der Waals surface area contributed by atoms with Gasteiger partial charge in [-0.25, -0.2) is 18.3 Å². The highest BCUT2D eigenvalue weighted by Gasteiger charge is 2.30. The largest absolute Gasteiger partial charge is 0.424 e. The summed E-state index contributed by atoms with van der Waals surface area (Å²) in [5.41, 5.74) is 8.95. The zero-order chi connectivity index (χ0) is 61.7. The SMILES string of the molecule is CCOP(=O)(Cc1ccccc1)Oc1ccc(-c2ccccc2)cc1.CCOP(=O)(Cc1ccccc1)Oc1ccc(C)cc1Cl.CCOP(=O)(Cc1ccccc1)Oc1cccc(C)c1.CCOP(=O)(Cc1ccccc1)Oc1ccccc1C. The Hall–Kier alpha value is -6.77. The lowest BCUT2D eigenvalue weighted by atomic mass is 10.1. The molecule has 0 aromatic heterocycles. The van der Waals surface area contributed by atoms with Gasteiger partial charge in [0.1, 0.15) is 23.0 Å². The Kier molecular flexibility index (Phi) is 27.9. The average Bonchev–Trinajstić information content (AvgIpc) is 2.90. The van der Waals surface area contributed by atoms with Crippen LogP contribution in [0.5, 0.6) is 23.0 Å². The monoisotopic (exact) mass is 1260 g/mol. The molecule has 17 heteroatoms. The fourth-order valence-electron chi connectivity index (χ4n) is 8.40. The first kappa shape index (κ1) is 68.3. The second-order valence-corrected chi connectivity index (χ2v) is 27.8. The predicted octanol–water partition coefficient (Wildman–Crippen LogP) is 21.2. The van der Waals surface area contributed by atoms with Crippen molar-refractivity contribution in [2.75, 3.05) is 26.4 Å². The van der Waals surface area contributed by atoms with Gasteiger partial charge in [-0.3, -0.25) is 18.1 Å². The lowest BCUT2D eigenvalue weighted by Crippen LogP contribution is -2.02. The number of halogens is 1. The number of aryl methyl sites for hydroxylation is 3. The Labute approximate surface area is 513 Å². The molecule has 12 nitrogen and oxygen atoms in total. The van der Waals surface area contributed by atoms with E-state index in [-0.39, 0.29) is 24.6 Å². The lowest BCUT2D eigenvalue weighted by molar-refractivity contribution is 0.276. The molecule has 0 aliphatic heterocycles. The number of hydrogen-bond acceptors (Lipinski definition) is 12. The van der Waals surface area contributed by atoms with Gasteiger partial charge in [-0.2, -0.15) is 0 Å². The molecule has 0 saturated heterocycles. The molecule has 0 aliphatic rings. The zero-order valence-electron chi connectivity index (χ0n) is 49.8. The number of rotatable bonds is 25. The highest BCUT2D eigenvalue weighted by atomic mass is 35.5. The highest BCUT2D eigenvalue weighted by Crippen LogP contribution is 2.55. The molecule has 9 aromatic carbocycles. The van der Waals surface area contributed by atoms with Crippen LogP contribution < -0.4 is 18.1 Å². The van der Waals surface area contributed by atoms with E-state index in [0.29, 0.717) is 54.4 Å². The van der Waals surface area contributed by atoms with Gasteiger partial charge < -0.3 is 18.1 Å². The molecule has 452 valence electrons. The Balaban J connectivity index is 0.000000184. The van der Waals surface area contributed by atoms with Gasteiger partial charge in [0, 0.05) is 0 Å². The molecule has 0 radical (unpaired) electrons. The Morgan fingerprint density at radius 1 is 0.314 bits per heavy atom. The summed E-state index contributed by atoms with van der Waals surface area (Å²) < 4.78 is 96.1. The molecule has 4 unspecified atom stereocenters. The first-order valence-electron chi connectivity index (χ1n) is 28.4. The maximum Gasteiger partial charge on any atom is 0.383 e. The van der Waals surface area contributed by atoms with Gasteiger partial charge in [0.25, 0.3) is 0 Å². The van der Waals surface area contributed by atoms with Crippen LogP contribution in [0.25, 0.3) is 11.1 Å². The van der Waals surface area contributed by atoms with Crippen LogP contribution >= 0.6 is 42.0 Å². The summed E-state index contributed by atoms with van der Waals surface area (Å²) in [5.74, 6) is 2.13. The van der Waals surface area contributed by atoms with E-state index in [1.165, 1.54) is 0 Å². The van der Waals surface area contributed by atoms with Crippen LogP contribution in [-0.4, -0.2) is 26.4 Å². The summed E-state index contributed by atoms with van der Waals surface area (Å²) in [5, 5.41) is 0.433. The molecule has 9 rings (SSSR count). The van der Waals surface area contributed by atoms with Crippen LogP contribution in [0.3, 0.4) is 0 Å². The molecule has 4 atom stereocenters. The van der Waals surface area contributed by atoms with Crippen LogP contribution in [0.15, 0.2) is 243 Å². The number of hydrogen-bond donors (Lipinski definition) is 0. The summed E-state index contributed by atoms with van der Waals surface area (Å²) in [6.07, 6.45) is 1.01.